The van der Waals surface area contributed by atoms with Gasteiger partial charge in [0.2, 0.25) is 0 Å². The summed E-state index contributed by atoms with van der Waals surface area (Å²) >= 11 is 0. The van der Waals surface area contributed by atoms with E-state index in [1.54, 1.807) is 0 Å². The van der Waals surface area contributed by atoms with Crippen molar-refractivity contribution in [1.82, 2.24) is 0 Å². The van der Waals surface area contributed by atoms with Crippen molar-refractivity contribution in [2.24, 2.45) is 58.2 Å². The Labute approximate surface area is 186 Å². The molecule has 174 valence electrons. The number of rotatable bonds is 5. The van der Waals surface area contributed by atoms with Gasteiger partial charge in [-0.25, -0.2) is 0 Å². The second-order valence-electron chi connectivity index (χ2n) is 13.2. The van der Waals surface area contributed by atoms with Crippen molar-refractivity contribution in [3.8, 4) is 0 Å². The Balaban J connectivity index is 1.51. The zero-order chi connectivity index (χ0) is 21.8. The van der Waals surface area contributed by atoms with E-state index in [9.17, 15) is 10.2 Å². The van der Waals surface area contributed by atoms with Gasteiger partial charge in [-0.2, -0.15) is 0 Å². The summed E-state index contributed by atoms with van der Waals surface area (Å²) in [6.07, 6.45) is 11.9. The van der Waals surface area contributed by atoms with E-state index in [1.165, 1.54) is 44.9 Å². The first-order valence-corrected chi connectivity index (χ1v) is 13.4. The molecule has 4 aliphatic rings. The number of aliphatic hydroxyl groups is 2. The molecule has 0 spiro atoms. The van der Waals surface area contributed by atoms with E-state index in [2.05, 4.69) is 41.5 Å². The first-order valence-electron chi connectivity index (χ1n) is 13.4. The fraction of sp³-hybridized carbons (Fsp3) is 1.00. The van der Waals surface area contributed by atoms with Crippen LogP contribution in [0.4, 0.5) is 0 Å². The topological polar surface area (TPSA) is 40.5 Å². The molecule has 4 rings (SSSR count). The monoisotopic (exact) mass is 418 g/mol. The molecule has 4 aliphatic carbocycles. The SMILES string of the molecule is CC(C)[C@@H](C)CC[C@@H](C)[C@H]1CC[C@H]2[C@@H]3CCC4CC(O)CC[C@]4(C)[C@H]3CC(O)[C@]12C. The lowest BCUT2D eigenvalue weighted by Crippen LogP contribution is -2.58. The summed E-state index contributed by atoms with van der Waals surface area (Å²) in [5.41, 5.74) is 0.472. The molecule has 0 aliphatic heterocycles. The molecule has 2 N–H and O–H groups in total. The Kier molecular flexibility index (Phi) is 6.44. The highest BCUT2D eigenvalue weighted by molar-refractivity contribution is 5.12. The number of aliphatic hydroxyl groups excluding tert-OH is 2. The van der Waals surface area contributed by atoms with Gasteiger partial charge in [-0.3, -0.25) is 0 Å². The maximum absolute atomic E-state index is 11.7. The molecule has 0 aromatic heterocycles. The molecule has 0 heterocycles. The lowest BCUT2D eigenvalue weighted by atomic mass is 9.43. The third-order valence-electron chi connectivity index (χ3n) is 11.7. The predicted octanol–water partition coefficient (Wildman–Crippen LogP) is 6.69. The van der Waals surface area contributed by atoms with E-state index < -0.39 is 0 Å². The lowest BCUT2D eigenvalue weighted by Gasteiger charge is -2.62. The maximum atomic E-state index is 11.7. The van der Waals surface area contributed by atoms with E-state index in [0.717, 1.165) is 42.9 Å². The van der Waals surface area contributed by atoms with Gasteiger partial charge in [0.05, 0.1) is 12.2 Å². The number of hydrogen-bond acceptors (Lipinski definition) is 2. The average Bonchev–Trinajstić information content (AvgIpc) is 3.06. The summed E-state index contributed by atoms with van der Waals surface area (Å²) in [6.45, 7) is 14.6. The third-order valence-corrected chi connectivity index (χ3v) is 11.7. The molecule has 0 aromatic carbocycles. The van der Waals surface area contributed by atoms with Gasteiger partial charge >= 0.3 is 0 Å². The highest BCUT2D eigenvalue weighted by Gasteiger charge is 2.63. The van der Waals surface area contributed by atoms with Crippen LogP contribution in [0.2, 0.25) is 0 Å². The van der Waals surface area contributed by atoms with Crippen LogP contribution in [0.25, 0.3) is 0 Å². The fourth-order valence-electron chi connectivity index (χ4n) is 9.22. The maximum Gasteiger partial charge on any atom is 0.0602 e. The molecule has 0 aromatic rings. The molecule has 2 heteroatoms. The van der Waals surface area contributed by atoms with Crippen LogP contribution in [0, 0.1) is 58.2 Å². The molecule has 4 saturated carbocycles. The van der Waals surface area contributed by atoms with Gasteiger partial charge in [0.15, 0.2) is 0 Å². The van der Waals surface area contributed by atoms with Crippen molar-refractivity contribution < 1.29 is 10.2 Å². The van der Waals surface area contributed by atoms with Crippen molar-refractivity contribution in [3.63, 3.8) is 0 Å². The molecule has 2 nitrogen and oxygen atoms in total. The van der Waals surface area contributed by atoms with E-state index in [4.69, 9.17) is 0 Å². The van der Waals surface area contributed by atoms with Crippen LogP contribution in [0.3, 0.4) is 0 Å². The Morgan fingerprint density at radius 1 is 0.833 bits per heavy atom. The molecular formula is C28H50O2. The molecular weight excluding hydrogens is 368 g/mol. The normalized spacial score (nSPS) is 50.5. The van der Waals surface area contributed by atoms with Gasteiger partial charge in [-0.15, -0.1) is 0 Å². The smallest absolute Gasteiger partial charge is 0.0602 e. The van der Waals surface area contributed by atoms with Crippen LogP contribution >= 0.6 is 0 Å². The van der Waals surface area contributed by atoms with Crippen molar-refractivity contribution in [2.75, 3.05) is 0 Å². The Morgan fingerprint density at radius 2 is 1.57 bits per heavy atom. The molecule has 30 heavy (non-hydrogen) atoms. The minimum Gasteiger partial charge on any atom is -0.393 e. The predicted molar refractivity (Wildman–Crippen MR) is 125 cm³/mol. The van der Waals surface area contributed by atoms with Gasteiger partial charge in [-0.1, -0.05) is 54.4 Å². The van der Waals surface area contributed by atoms with Crippen molar-refractivity contribution >= 4 is 0 Å². The average molecular weight is 419 g/mol. The minimum absolute atomic E-state index is 0.0802. The zero-order valence-corrected chi connectivity index (χ0v) is 20.7. The number of hydrogen-bond donors (Lipinski definition) is 2. The van der Waals surface area contributed by atoms with Crippen LogP contribution in [-0.4, -0.2) is 22.4 Å². The summed E-state index contributed by atoms with van der Waals surface area (Å²) in [5, 5.41) is 21.9. The summed E-state index contributed by atoms with van der Waals surface area (Å²) in [4.78, 5) is 0. The van der Waals surface area contributed by atoms with Gasteiger partial charge in [0.1, 0.15) is 0 Å². The number of fused-ring (bicyclic) bond motifs is 5. The Morgan fingerprint density at radius 3 is 2.27 bits per heavy atom. The summed E-state index contributed by atoms with van der Waals surface area (Å²) in [5.74, 6) is 5.86. The molecule has 3 unspecified atom stereocenters. The van der Waals surface area contributed by atoms with Crippen LogP contribution in [-0.2, 0) is 0 Å². The van der Waals surface area contributed by atoms with Crippen molar-refractivity contribution in [3.05, 3.63) is 0 Å². The second-order valence-corrected chi connectivity index (χ2v) is 13.2. The Bertz CT molecular complexity index is 601. The molecule has 11 atom stereocenters. The highest BCUT2D eigenvalue weighted by Crippen LogP contribution is 2.68. The summed E-state index contributed by atoms with van der Waals surface area (Å²) < 4.78 is 0. The van der Waals surface area contributed by atoms with Crippen molar-refractivity contribution in [2.45, 2.75) is 118 Å². The molecule has 0 radical (unpaired) electrons. The quantitative estimate of drug-likeness (QED) is 0.522. The van der Waals surface area contributed by atoms with E-state index in [-0.39, 0.29) is 17.6 Å². The minimum atomic E-state index is -0.136. The Hall–Kier alpha value is -0.0800. The van der Waals surface area contributed by atoms with E-state index >= 15 is 0 Å². The first-order chi connectivity index (χ1) is 14.1. The van der Waals surface area contributed by atoms with Gasteiger partial charge in [0, 0.05) is 0 Å². The van der Waals surface area contributed by atoms with Crippen LogP contribution in [0.5, 0.6) is 0 Å². The molecule has 4 fully saturated rings. The van der Waals surface area contributed by atoms with Gasteiger partial charge in [-0.05, 0) is 110 Å². The molecule has 0 amide bonds. The summed E-state index contributed by atoms with van der Waals surface area (Å²) in [7, 11) is 0. The largest absolute Gasteiger partial charge is 0.393 e. The van der Waals surface area contributed by atoms with E-state index in [0.29, 0.717) is 29.1 Å². The lowest BCUT2D eigenvalue weighted by molar-refractivity contribution is -0.175. The third kappa shape index (κ3) is 3.60. The summed E-state index contributed by atoms with van der Waals surface area (Å²) in [6, 6.07) is 0. The van der Waals surface area contributed by atoms with Gasteiger partial charge < -0.3 is 10.2 Å². The van der Waals surface area contributed by atoms with Gasteiger partial charge in [0.25, 0.3) is 0 Å². The first kappa shape index (κ1) is 23.1. The van der Waals surface area contributed by atoms with Crippen LogP contribution in [0.15, 0.2) is 0 Å². The van der Waals surface area contributed by atoms with Crippen LogP contribution in [0.1, 0.15) is 106 Å². The second kappa shape index (κ2) is 8.36. The standard InChI is InChI=1S/C28H50O2/c1-17(2)18(3)7-8-19(4)23-11-12-24-22-10-9-20-15-21(29)13-14-27(20,5)25(22)16-26(30)28(23,24)6/h17-26,29-30H,7-16H2,1-6H3/t18-,19+,20?,21?,22-,23+,24-,25-,26?,27-,28+/m0/s1. The molecule has 0 bridgehead atoms. The fourth-order valence-corrected chi connectivity index (χ4v) is 9.22. The highest BCUT2D eigenvalue weighted by atomic mass is 16.3. The van der Waals surface area contributed by atoms with E-state index in [1.807, 2.05) is 0 Å². The van der Waals surface area contributed by atoms with Crippen molar-refractivity contribution in [1.29, 1.82) is 0 Å². The van der Waals surface area contributed by atoms with Crippen LogP contribution < -0.4 is 0 Å². The zero-order valence-electron chi connectivity index (χ0n) is 20.7. The molecule has 0 saturated heterocycles.